The number of thiol groups is 1. The molecule has 0 fully saturated rings. The van der Waals surface area contributed by atoms with E-state index in [1.165, 1.54) is 0 Å². The van der Waals surface area contributed by atoms with E-state index >= 15 is 0 Å². The van der Waals surface area contributed by atoms with Crippen LogP contribution in [0.5, 0.6) is 0 Å². The first-order valence-electron chi connectivity index (χ1n) is 3.94. The molecule has 1 atom stereocenters. The van der Waals surface area contributed by atoms with Gasteiger partial charge in [0.2, 0.25) is 5.91 Å². The minimum Gasteiger partial charge on any atom is -0.325 e. The highest BCUT2D eigenvalue weighted by Crippen LogP contribution is 2.22. The van der Waals surface area contributed by atoms with Crippen molar-refractivity contribution in [3.63, 3.8) is 0 Å². The van der Waals surface area contributed by atoms with Crippen LogP contribution in [0.15, 0.2) is 22.7 Å². The molecule has 1 unspecified atom stereocenters. The Morgan fingerprint density at radius 3 is 2.79 bits per heavy atom. The quantitative estimate of drug-likeness (QED) is 0.593. The van der Waals surface area contributed by atoms with Crippen molar-refractivity contribution in [1.82, 2.24) is 0 Å². The van der Waals surface area contributed by atoms with Crippen molar-refractivity contribution in [2.45, 2.75) is 12.2 Å². The van der Waals surface area contributed by atoms with E-state index in [0.717, 1.165) is 13.7 Å². The topological polar surface area (TPSA) is 29.1 Å². The van der Waals surface area contributed by atoms with Crippen molar-refractivity contribution in [2.75, 3.05) is 5.32 Å². The number of benzene rings is 1. The van der Waals surface area contributed by atoms with Crippen molar-refractivity contribution >= 4 is 62.7 Å². The fraction of sp³-hybridized carbons (Fsp3) is 0.222. The molecule has 0 saturated carbocycles. The third-order valence-corrected chi connectivity index (χ3v) is 4.13. The maximum Gasteiger partial charge on any atom is 0.236 e. The van der Waals surface area contributed by atoms with Crippen molar-refractivity contribution in [3.8, 4) is 0 Å². The number of anilines is 1. The number of halogens is 2. The Balaban J connectivity index is 2.78. The number of hydrogen-bond acceptors (Lipinski definition) is 2. The summed E-state index contributed by atoms with van der Waals surface area (Å²) in [5.41, 5.74) is 0.795. The van der Waals surface area contributed by atoms with E-state index in [0.29, 0.717) is 0 Å². The number of carbonyl (C=O) groups is 1. The van der Waals surface area contributed by atoms with Crippen LogP contribution in [0.25, 0.3) is 0 Å². The van der Waals surface area contributed by atoms with Gasteiger partial charge in [0.05, 0.1) is 5.25 Å². The molecule has 0 aliphatic rings. The summed E-state index contributed by atoms with van der Waals surface area (Å²) in [6.45, 7) is 1.74. The monoisotopic (exact) mass is 385 g/mol. The zero-order valence-corrected chi connectivity index (χ0v) is 12.1. The maximum absolute atomic E-state index is 11.3. The molecule has 0 aromatic heterocycles. The van der Waals surface area contributed by atoms with Gasteiger partial charge in [-0.15, -0.1) is 0 Å². The second-order valence-electron chi connectivity index (χ2n) is 2.79. The highest BCUT2D eigenvalue weighted by molar-refractivity contribution is 14.1. The Bertz CT molecular complexity index is 357. The molecule has 2 nitrogen and oxygen atoms in total. The second kappa shape index (κ2) is 5.37. The van der Waals surface area contributed by atoms with Crippen LogP contribution in [0.3, 0.4) is 0 Å². The van der Waals surface area contributed by atoms with Gasteiger partial charge in [-0.25, -0.2) is 0 Å². The average molecular weight is 386 g/mol. The molecule has 0 aliphatic heterocycles. The van der Waals surface area contributed by atoms with Crippen LogP contribution in [0.2, 0.25) is 0 Å². The van der Waals surface area contributed by atoms with Gasteiger partial charge in [-0.3, -0.25) is 4.79 Å². The average Bonchev–Trinajstić information content (AvgIpc) is 2.11. The van der Waals surface area contributed by atoms with Gasteiger partial charge in [0.1, 0.15) is 0 Å². The summed E-state index contributed by atoms with van der Waals surface area (Å²) >= 11 is 9.63. The van der Waals surface area contributed by atoms with E-state index in [2.05, 4.69) is 56.5 Å². The summed E-state index contributed by atoms with van der Waals surface area (Å²) in [5.74, 6) is -0.0912. The first kappa shape index (κ1) is 12.3. The third-order valence-electron chi connectivity index (χ3n) is 1.57. The lowest BCUT2D eigenvalue weighted by molar-refractivity contribution is -0.115. The molecule has 5 heteroatoms. The van der Waals surface area contributed by atoms with Crippen LogP contribution in [0.4, 0.5) is 5.69 Å². The minimum absolute atomic E-state index is 0.0912. The Hall–Kier alpha value is 0.250. The minimum atomic E-state index is -0.295. The van der Waals surface area contributed by atoms with Gasteiger partial charge in [-0.1, -0.05) is 0 Å². The standard InChI is InChI=1S/C9H9BrINOS/c1-5(14)9(13)12-6-2-3-7(10)8(11)4-6/h2-5,14H,1H3,(H,12,13). The van der Waals surface area contributed by atoms with Crippen molar-refractivity contribution < 1.29 is 4.79 Å². The normalized spacial score (nSPS) is 12.3. The Morgan fingerprint density at radius 2 is 2.29 bits per heavy atom. The van der Waals surface area contributed by atoms with Gasteiger partial charge in [0, 0.05) is 13.7 Å². The van der Waals surface area contributed by atoms with Crippen LogP contribution in [0.1, 0.15) is 6.92 Å². The largest absolute Gasteiger partial charge is 0.325 e. The van der Waals surface area contributed by atoms with Crippen molar-refractivity contribution in [1.29, 1.82) is 0 Å². The molecular formula is C9H9BrINOS. The lowest BCUT2D eigenvalue weighted by Gasteiger charge is -2.07. The van der Waals surface area contributed by atoms with Crippen molar-refractivity contribution in [2.24, 2.45) is 0 Å². The van der Waals surface area contributed by atoms with Gasteiger partial charge >= 0.3 is 0 Å². The van der Waals surface area contributed by atoms with Crippen LogP contribution in [-0.4, -0.2) is 11.2 Å². The van der Waals surface area contributed by atoms with Gasteiger partial charge in [0.25, 0.3) is 0 Å². The van der Waals surface area contributed by atoms with E-state index in [9.17, 15) is 4.79 Å². The van der Waals surface area contributed by atoms with Gasteiger partial charge in [-0.2, -0.15) is 12.6 Å². The first-order valence-corrected chi connectivity index (χ1v) is 6.33. The number of carbonyl (C=O) groups excluding carboxylic acids is 1. The number of rotatable bonds is 2. The molecule has 1 rings (SSSR count). The Kier molecular flexibility index (Phi) is 4.72. The molecule has 0 heterocycles. The number of nitrogens with one attached hydrogen (secondary N) is 1. The fourth-order valence-corrected chi connectivity index (χ4v) is 1.65. The van der Waals surface area contributed by atoms with E-state index < -0.39 is 0 Å². The molecule has 0 radical (unpaired) electrons. The molecule has 0 spiro atoms. The predicted molar refractivity (Wildman–Crippen MR) is 73.9 cm³/mol. The third kappa shape index (κ3) is 3.43. The molecule has 1 aromatic carbocycles. The lowest BCUT2D eigenvalue weighted by atomic mass is 10.3. The van der Waals surface area contributed by atoms with Crippen LogP contribution in [-0.2, 0) is 4.79 Å². The van der Waals surface area contributed by atoms with Gasteiger partial charge < -0.3 is 5.32 Å². The van der Waals surface area contributed by atoms with E-state index in [-0.39, 0.29) is 11.2 Å². The molecular weight excluding hydrogens is 377 g/mol. The summed E-state index contributed by atoms with van der Waals surface area (Å²) in [5, 5.41) is 2.47. The van der Waals surface area contributed by atoms with Gasteiger partial charge in [0.15, 0.2) is 0 Å². The molecule has 1 amide bonds. The second-order valence-corrected chi connectivity index (χ2v) is 5.59. The van der Waals surface area contributed by atoms with Crippen LogP contribution < -0.4 is 5.32 Å². The van der Waals surface area contributed by atoms with Crippen LogP contribution in [0, 0.1) is 3.57 Å². The van der Waals surface area contributed by atoms with Gasteiger partial charge in [-0.05, 0) is 63.6 Å². The smallest absolute Gasteiger partial charge is 0.236 e. The molecule has 0 aliphatic carbocycles. The molecule has 0 bridgehead atoms. The summed E-state index contributed by atoms with van der Waals surface area (Å²) in [6.07, 6.45) is 0. The molecule has 0 saturated heterocycles. The summed E-state index contributed by atoms with van der Waals surface area (Å²) < 4.78 is 2.09. The Morgan fingerprint density at radius 1 is 1.64 bits per heavy atom. The highest BCUT2D eigenvalue weighted by atomic mass is 127. The first-order chi connectivity index (χ1) is 6.50. The number of amides is 1. The maximum atomic E-state index is 11.3. The summed E-state index contributed by atoms with van der Waals surface area (Å²) in [6, 6.07) is 5.65. The predicted octanol–water partition coefficient (Wildman–Crippen LogP) is 3.31. The summed E-state index contributed by atoms with van der Waals surface area (Å²) in [7, 11) is 0. The SMILES string of the molecule is CC(S)C(=O)Nc1ccc(Br)c(I)c1. The summed E-state index contributed by atoms with van der Waals surface area (Å²) in [4.78, 5) is 11.3. The molecule has 14 heavy (non-hydrogen) atoms. The number of hydrogen-bond donors (Lipinski definition) is 2. The highest BCUT2D eigenvalue weighted by Gasteiger charge is 2.08. The van der Waals surface area contributed by atoms with E-state index in [1.807, 2.05) is 18.2 Å². The Labute approximate surface area is 111 Å². The van der Waals surface area contributed by atoms with E-state index in [4.69, 9.17) is 0 Å². The lowest BCUT2D eigenvalue weighted by Crippen LogP contribution is -2.20. The van der Waals surface area contributed by atoms with Crippen molar-refractivity contribution in [3.05, 3.63) is 26.2 Å². The zero-order chi connectivity index (χ0) is 10.7. The molecule has 1 aromatic rings. The van der Waals surface area contributed by atoms with Crippen LogP contribution >= 0.6 is 51.1 Å². The van der Waals surface area contributed by atoms with E-state index in [1.54, 1.807) is 6.92 Å². The molecule has 1 N–H and O–H groups in total. The fourth-order valence-electron chi connectivity index (χ4n) is 0.821. The molecule has 76 valence electrons. The zero-order valence-electron chi connectivity index (χ0n) is 7.42.